The van der Waals surface area contributed by atoms with Crippen molar-refractivity contribution in [3.63, 3.8) is 0 Å². The maximum absolute atomic E-state index is 12.7. The maximum atomic E-state index is 12.7. The zero-order valence-corrected chi connectivity index (χ0v) is 27.6. The van der Waals surface area contributed by atoms with Crippen LogP contribution in [-0.2, 0) is 20.9 Å². The number of hydrogen-bond donors (Lipinski definition) is 3. The zero-order valence-electron chi connectivity index (χ0n) is 26.0. The standard InChI is InChI=1S/C35H33BrN4O7/c1-4-45-34(42)32-21(2)38-35(43)39-33(32)24-12-16-29(30(17-24)44-3)47-20-31(41)40-37-18-27-26-8-6-5-7-23(26)11-15-28(27)46-19-22-9-13-25(36)14-10-22/h5-18,33H,4,19-20H2,1-3H3,(H,40,41)(H2,38,39,43)/b37-18+/t33-/m0/s1. The normalized spacial score (nSPS) is 14.4. The van der Waals surface area contributed by atoms with E-state index in [0.717, 1.165) is 26.4 Å². The fraction of sp³-hybridized carbons (Fsp3) is 0.200. The van der Waals surface area contributed by atoms with Gasteiger partial charge in [-0.2, -0.15) is 5.10 Å². The predicted molar refractivity (Wildman–Crippen MR) is 180 cm³/mol. The van der Waals surface area contributed by atoms with Crippen molar-refractivity contribution in [3.05, 3.63) is 111 Å². The lowest BCUT2D eigenvalue weighted by Crippen LogP contribution is -2.45. The van der Waals surface area contributed by atoms with Gasteiger partial charge < -0.3 is 29.6 Å². The van der Waals surface area contributed by atoms with Gasteiger partial charge in [-0.3, -0.25) is 4.79 Å². The number of benzene rings is 4. The monoisotopic (exact) mass is 700 g/mol. The first-order valence-electron chi connectivity index (χ1n) is 14.7. The Kier molecular flexibility index (Phi) is 10.7. The molecule has 5 rings (SSSR count). The number of allylic oxidation sites excluding steroid dienone is 1. The molecule has 11 nitrogen and oxygen atoms in total. The Morgan fingerprint density at radius 2 is 1.74 bits per heavy atom. The van der Waals surface area contributed by atoms with Crippen LogP contribution in [0.5, 0.6) is 17.2 Å². The average molecular weight is 702 g/mol. The van der Waals surface area contributed by atoms with E-state index >= 15 is 0 Å². The molecule has 3 N–H and O–H groups in total. The van der Waals surface area contributed by atoms with Crippen molar-refractivity contribution in [1.29, 1.82) is 0 Å². The van der Waals surface area contributed by atoms with Crippen molar-refractivity contribution in [2.45, 2.75) is 26.5 Å². The molecule has 4 aromatic rings. The number of halogens is 1. The highest BCUT2D eigenvalue weighted by atomic mass is 79.9. The van der Waals surface area contributed by atoms with Crippen LogP contribution in [0.1, 0.15) is 36.6 Å². The number of urea groups is 1. The van der Waals surface area contributed by atoms with Crippen LogP contribution in [-0.4, -0.2) is 44.4 Å². The van der Waals surface area contributed by atoms with E-state index in [2.05, 4.69) is 37.1 Å². The van der Waals surface area contributed by atoms with E-state index in [1.54, 1.807) is 38.3 Å². The third kappa shape index (κ3) is 8.08. The summed E-state index contributed by atoms with van der Waals surface area (Å²) in [4.78, 5) is 37.6. The number of nitrogens with zero attached hydrogens (tertiary/aromatic N) is 1. The Morgan fingerprint density at radius 1 is 0.979 bits per heavy atom. The van der Waals surface area contributed by atoms with Gasteiger partial charge in [0, 0.05) is 15.7 Å². The summed E-state index contributed by atoms with van der Waals surface area (Å²) in [5, 5.41) is 11.5. The summed E-state index contributed by atoms with van der Waals surface area (Å²) in [7, 11) is 1.45. The van der Waals surface area contributed by atoms with Crippen molar-refractivity contribution in [2.24, 2.45) is 5.10 Å². The third-order valence-electron chi connectivity index (χ3n) is 7.27. The van der Waals surface area contributed by atoms with Gasteiger partial charge in [0.15, 0.2) is 18.1 Å². The minimum Gasteiger partial charge on any atom is -0.493 e. The molecule has 12 heteroatoms. The second-order valence-corrected chi connectivity index (χ2v) is 11.3. The van der Waals surface area contributed by atoms with Crippen LogP contribution in [0, 0.1) is 0 Å². The topological polar surface area (TPSA) is 137 Å². The molecule has 242 valence electrons. The number of amides is 3. The number of nitrogens with one attached hydrogen (secondary N) is 3. The summed E-state index contributed by atoms with van der Waals surface area (Å²) in [6.45, 7) is 3.52. The summed E-state index contributed by atoms with van der Waals surface area (Å²) in [6, 6.07) is 23.2. The second kappa shape index (κ2) is 15.3. The minimum absolute atomic E-state index is 0.183. The van der Waals surface area contributed by atoms with Crippen molar-refractivity contribution >= 4 is 50.8 Å². The van der Waals surface area contributed by atoms with Crippen molar-refractivity contribution < 1.29 is 33.3 Å². The lowest BCUT2D eigenvalue weighted by Gasteiger charge is -2.28. The van der Waals surface area contributed by atoms with E-state index in [0.29, 0.717) is 29.4 Å². The Hall–Kier alpha value is -5.36. The first-order chi connectivity index (χ1) is 22.8. The largest absolute Gasteiger partial charge is 0.493 e. The van der Waals surface area contributed by atoms with Crippen LogP contribution >= 0.6 is 15.9 Å². The van der Waals surface area contributed by atoms with Gasteiger partial charge in [0.25, 0.3) is 5.91 Å². The highest BCUT2D eigenvalue weighted by molar-refractivity contribution is 9.10. The van der Waals surface area contributed by atoms with Crippen LogP contribution in [0.15, 0.2) is 99.7 Å². The van der Waals surface area contributed by atoms with E-state index < -0.39 is 23.9 Å². The first kappa shape index (κ1) is 33.0. The first-order valence-corrected chi connectivity index (χ1v) is 15.5. The van der Waals surface area contributed by atoms with Crippen LogP contribution < -0.4 is 30.3 Å². The van der Waals surface area contributed by atoms with Crippen LogP contribution in [0.4, 0.5) is 4.79 Å². The van der Waals surface area contributed by atoms with E-state index in [4.69, 9.17) is 18.9 Å². The highest BCUT2D eigenvalue weighted by Crippen LogP contribution is 2.35. The fourth-order valence-corrected chi connectivity index (χ4v) is 5.29. The smallest absolute Gasteiger partial charge is 0.338 e. The summed E-state index contributed by atoms with van der Waals surface area (Å²) in [6.07, 6.45) is 1.55. The summed E-state index contributed by atoms with van der Waals surface area (Å²) >= 11 is 3.45. The number of carbonyl (C=O) groups is 3. The van der Waals surface area contributed by atoms with Gasteiger partial charge in [0.05, 0.1) is 31.5 Å². The molecule has 1 heterocycles. The molecule has 0 spiro atoms. The molecule has 4 aromatic carbocycles. The van der Waals surface area contributed by atoms with Gasteiger partial charge >= 0.3 is 12.0 Å². The van der Waals surface area contributed by atoms with Crippen molar-refractivity contribution in [2.75, 3.05) is 20.3 Å². The highest BCUT2D eigenvalue weighted by Gasteiger charge is 2.32. The van der Waals surface area contributed by atoms with E-state index in [1.165, 1.54) is 7.11 Å². The molecule has 1 atom stereocenters. The van der Waals surface area contributed by atoms with Gasteiger partial charge in [0.1, 0.15) is 12.4 Å². The lowest BCUT2D eigenvalue weighted by molar-refractivity contribution is -0.139. The average Bonchev–Trinajstić information content (AvgIpc) is 3.07. The zero-order chi connectivity index (χ0) is 33.3. The lowest BCUT2D eigenvalue weighted by atomic mass is 9.95. The number of hydrazone groups is 1. The molecule has 0 aromatic heterocycles. The predicted octanol–water partition coefficient (Wildman–Crippen LogP) is 5.91. The molecule has 1 aliphatic rings. The Morgan fingerprint density at radius 3 is 2.51 bits per heavy atom. The van der Waals surface area contributed by atoms with Crippen LogP contribution in [0.25, 0.3) is 10.8 Å². The van der Waals surface area contributed by atoms with Gasteiger partial charge in [0.2, 0.25) is 0 Å². The molecule has 0 unspecified atom stereocenters. The van der Waals surface area contributed by atoms with Gasteiger partial charge in [-0.15, -0.1) is 0 Å². The van der Waals surface area contributed by atoms with Crippen molar-refractivity contribution in [3.8, 4) is 17.2 Å². The summed E-state index contributed by atoms with van der Waals surface area (Å²) < 4.78 is 23.6. The Bertz CT molecular complexity index is 1860. The number of esters is 1. The van der Waals surface area contributed by atoms with Gasteiger partial charge in [-0.1, -0.05) is 64.5 Å². The van der Waals surface area contributed by atoms with E-state index in [-0.39, 0.29) is 24.5 Å². The number of methoxy groups -OCH3 is 1. The number of hydrogen-bond acceptors (Lipinski definition) is 8. The third-order valence-corrected chi connectivity index (χ3v) is 7.79. The molecule has 0 saturated carbocycles. The SMILES string of the molecule is CCOC(=O)C1=C(C)NC(=O)N[C@H]1c1ccc(OCC(=O)N/N=C/c2c(OCc3ccc(Br)cc3)ccc3ccccc23)c(OC)c1. The van der Waals surface area contributed by atoms with Gasteiger partial charge in [-0.05, 0) is 66.1 Å². The van der Waals surface area contributed by atoms with Crippen molar-refractivity contribution in [1.82, 2.24) is 16.1 Å². The Balaban J connectivity index is 1.26. The quantitative estimate of drug-likeness (QED) is 0.0950. The van der Waals surface area contributed by atoms with Crippen LogP contribution in [0.2, 0.25) is 0 Å². The fourth-order valence-electron chi connectivity index (χ4n) is 5.03. The van der Waals surface area contributed by atoms with Gasteiger partial charge in [-0.25, -0.2) is 15.0 Å². The van der Waals surface area contributed by atoms with E-state index in [1.807, 2.05) is 60.7 Å². The Labute approximate surface area is 280 Å². The minimum atomic E-state index is -0.777. The molecule has 3 amide bonds. The van der Waals surface area contributed by atoms with E-state index in [9.17, 15) is 14.4 Å². The summed E-state index contributed by atoms with van der Waals surface area (Å²) in [5.74, 6) is 0.152. The molecule has 47 heavy (non-hydrogen) atoms. The molecular formula is C35H33BrN4O7. The molecule has 0 aliphatic carbocycles. The number of fused-ring (bicyclic) bond motifs is 1. The molecule has 1 aliphatic heterocycles. The number of ether oxygens (including phenoxy) is 4. The molecule has 0 bridgehead atoms. The molecule has 0 radical (unpaired) electrons. The maximum Gasteiger partial charge on any atom is 0.338 e. The molecule has 0 fully saturated rings. The molecular weight excluding hydrogens is 668 g/mol. The van der Waals surface area contributed by atoms with Crippen LogP contribution in [0.3, 0.4) is 0 Å². The molecule has 0 saturated heterocycles. The second-order valence-electron chi connectivity index (χ2n) is 10.4. The number of carbonyl (C=O) groups excluding carboxylic acids is 3. The number of rotatable bonds is 12. The summed E-state index contributed by atoms with van der Waals surface area (Å²) in [5.41, 5.74) is 5.45.